The minimum absolute atomic E-state index is 0.103. The van der Waals surface area contributed by atoms with Crippen LogP contribution in [0.4, 0.5) is 0 Å². The van der Waals surface area contributed by atoms with Crippen LogP contribution in [0.25, 0.3) is 0 Å². The molecule has 0 fully saturated rings. The van der Waals surface area contributed by atoms with Gasteiger partial charge in [-0.05, 0) is 42.8 Å². The minimum atomic E-state index is -3.46. The molecule has 2 rings (SSSR count). The molecule has 8 heteroatoms. The Morgan fingerprint density at radius 2 is 1.74 bits per heavy atom. The van der Waals surface area contributed by atoms with Crippen LogP contribution in [-0.2, 0) is 9.84 Å². The number of hydrogen-bond donors (Lipinski definition) is 2. The Morgan fingerprint density at radius 3 is 2.33 bits per heavy atom. The molecule has 2 N–H and O–H groups in total. The quantitative estimate of drug-likeness (QED) is 0.472. The smallest absolute Gasteiger partial charge is 0.339 e. The van der Waals surface area contributed by atoms with Gasteiger partial charge in [0.1, 0.15) is 29.4 Å². The van der Waals surface area contributed by atoms with Gasteiger partial charge in [-0.2, -0.15) is 0 Å². The first-order chi connectivity index (χ1) is 12.8. The number of hydrogen-bond acceptors (Lipinski definition) is 6. The standard InChI is InChI=1S/C19H20O7S/c1-2-10-25-14-4-7-16(8-5-14)27(23,24)12-3-11-26-15-6-9-17(19(21)22)18(20)13-15/h2,4-9,13,20H,1,3,10-12H2,(H,21,22). The van der Waals surface area contributed by atoms with Crippen LogP contribution in [0.5, 0.6) is 17.2 Å². The molecule has 0 aliphatic rings. The summed E-state index contributed by atoms with van der Waals surface area (Å²) in [6.45, 7) is 3.98. The second kappa shape index (κ2) is 9.09. The van der Waals surface area contributed by atoms with Gasteiger partial charge in [0.2, 0.25) is 0 Å². The number of aromatic hydroxyl groups is 1. The zero-order valence-corrected chi connectivity index (χ0v) is 15.3. The third-order valence-corrected chi connectivity index (χ3v) is 5.39. The molecule has 0 radical (unpaired) electrons. The van der Waals surface area contributed by atoms with E-state index in [4.69, 9.17) is 14.6 Å². The van der Waals surface area contributed by atoms with Gasteiger partial charge >= 0.3 is 5.97 Å². The maximum absolute atomic E-state index is 12.3. The lowest BCUT2D eigenvalue weighted by molar-refractivity contribution is 0.0693. The minimum Gasteiger partial charge on any atom is -0.507 e. The lowest BCUT2D eigenvalue weighted by Crippen LogP contribution is -2.10. The fraction of sp³-hybridized carbons (Fsp3) is 0.211. The molecule has 0 aliphatic carbocycles. The molecular formula is C19H20O7S. The molecule has 0 spiro atoms. The van der Waals surface area contributed by atoms with Gasteiger partial charge in [-0.3, -0.25) is 0 Å². The van der Waals surface area contributed by atoms with Crippen LogP contribution in [-0.4, -0.2) is 43.6 Å². The molecule has 0 aliphatic heterocycles. The van der Waals surface area contributed by atoms with Crippen LogP contribution in [0, 0.1) is 0 Å². The van der Waals surface area contributed by atoms with Gasteiger partial charge in [0.25, 0.3) is 0 Å². The predicted molar refractivity (Wildman–Crippen MR) is 99.4 cm³/mol. The molecule has 0 bridgehead atoms. The van der Waals surface area contributed by atoms with Crippen molar-refractivity contribution in [2.45, 2.75) is 11.3 Å². The van der Waals surface area contributed by atoms with Crippen molar-refractivity contribution in [1.29, 1.82) is 0 Å². The molecule has 7 nitrogen and oxygen atoms in total. The summed E-state index contributed by atoms with van der Waals surface area (Å²) in [6, 6.07) is 9.94. The van der Waals surface area contributed by atoms with Crippen molar-refractivity contribution in [1.82, 2.24) is 0 Å². The highest BCUT2D eigenvalue weighted by Crippen LogP contribution is 2.24. The predicted octanol–water partition coefficient (Wildman–Crippen LogP) is 2.90. The summed E-state index contributed by atoms with van der Waals surface area (Å²) >= 11 is 0. The largest absolute Gasteiger partial charge is 0.507 e. The number of benzene rings is 2. The Kier molecular flexibility index (Phi) is 6.84. The van der Waals surface area contributed by atoms with Crippen LogP contribution >= 0.6 is 0 Å². The van der Waals surface area contributed by atoms with Crippen molar-refractivity contribution < 1.29 is 32.9 Å². The van der Waals surface area contributed by atoms with E-state index in [1.165, 1.54) is 30.3 Å². The first kappa shape index (κ1) is 20.3. The highest BCUT2D eigenvalue weighted by Gasteiger charge is 2.15. The average molecular weight is 392 g/mol. The summed E-state index contributed by atoms with van der Waals surface area (Å²) in [7, 11) is -3.46. The summed E-state index contributed by atoms with van der Waals surface area (Å²) < 4.78 is 35.3. The molecule has 144 valence electrons. The summed E-state index contributed by atoms with van der Waals surface area (Å²) in [6.07, 6.45) is 1.83. The normalized spacial score (nSPS) is 11.0. The molecule has 0 heterocycles. The van der Waals surface area contributed by atoms with Crippen molar-refractivity contribution in [3.05, 3.63) is 60.7 Å². The van der Waals surface area contributed by atoms with Gasteiger partial charge in [0, 0.05) is 6.07 Å². The van der Waals surface area contributed by atoms with Crippen molar-refractivity contribution in [3.63, 3.8) is 0 Å². The summed E-state index contributed by atoms with van der Waals surface area (Å²) in [5.74, 6) is -0.947. The zero-order chi connectivity index (χ0) is 19.9. The Morgan fingerprint density at radius 1 is 1.07 bits per heavy atom. The molecule has 2 aromatic carbocycles. The van der Waals surface area contributed by atoms with E-state index in [1.807, 2.05) is 0 Å². The second-order valence-corrected chi connectivity index (χ2v) is 7.69. The lowest BCUT2D eigenvalue weighted by Gasteiger charge is -2.09. The van der Waals surface area contributed by atoms with E-state index < -0.39 is 21.6 Å². The average Bonchev–Trinajstić information content (AvgIpc) is 2.63. The van der Waals surface area contributed by atoms with E-state index in [2.05, 4.69) is 6.58 Å². The molecule has 0 aromatic heterocycles. The van der Waals surface area contributed by atoms with Crippen molar-refractivity contribution in [3.8, 4) is 17.2 Å². The number of carboxylic acids is 1. The molecule has 0 atom stereocenters. The Bertz CT molecular complexity index is 902. The number of carboxylic acid groups (broad SMARTS) is 1. The van der Waals surface area contributed by atoms with Crippen LogP contribution in [0.2, 0.25) is 0 Å². The number of sulfone groups is 1. The van der Waals surface area contributed by atoms with Gasteiger partial charge in [0.15, 0.2) is 9.84 Å². The summed E-state index contributed by atoms with van der Waals surface area (Å²) in [5.41, 5.74) is -0.231. The number of phenols is 1. The first-order valence-corrected chi connectivity index (χ1v) is 9.74. The maximum atomic E-state index is 12.3. The third kappa shape index (κ3) is 5.75. The Labute approximate surface area is 157 Å². The van der Waals surface area contributed by atoms with Crippen molar-refractivity contribution in [2.24, 2.45) is 0 Å². The topological polar surface area (TPSA) is 110 Å². The number of carbonyl (C=O) groups is 1. The van der Waals surface area contributed by atoms with E-state index in [9.17, 15) is 18.3 Å². The second-order valence-electron chi connectivity index (χ2n) is 5.58. The van der Waals surface area contributed by atoms with E-state index in [0.29, 0.717) is 12.4 Å². The van der Waals surface area contributed by atoms with E-state index >= 15 is 0 Å². The van der Waals surface area contributed by atoms with E-state index in [1.54, 1.807) is 18.2 Å². The maximum Gasteiger partial charge on any atom is 0.339 e. The Balaban J connectivity index is 1.87. The van der Waals surface area contributed by atoms with Crippen LogP contribution in [0.15, 0.2) is 60.0 Å². The van der Waals surface area contributed by atoms with Crippen LogP contribution in [0.1, 0.15) is 16.8 Å². The van der Waals surface area contributed by atoms with E-state index in [-0.39, 0.29) is 35.0 Å². The molecule has 27 heavy (non-hydrogen) atoms. The number of aromatic carboxylic acids is 1. The van der Waals surface area contributed by atoms with Gasteiger partial charge in [-0.15, -0.1) is 0 Å². The monoisotopic (exact) mass is 392 g/mol. The highest BCUT2D eigenvalue weighted by atomic mass is 32.2. The SMILES string of the molecule is C=CCOc1ccc(S(=O)(=O)CCCOc2ccc(C(=O)O)c(O)c2)cc1. The highest BCUT2D eigenvalue weighted by molar-refractivity contribution is 7.91. The van der Waals surface area contributed by atoms with Gasteiger partial charge in [-0.25, -0.2) is 13.2 Å². The van der Waals surface area contributed by atoms with E-state index in [0.717, 1.165) is 0 Å². The van der Waals surface area contributed by atoms with Gasteiger partial charge in [0.05, 0.1) is 17.3 Å². The third-order valence-electron chi connectivity index (χ3n) is 3.58. The molecule has 0 amide bonds. The Hall–Kier alpha value is -3.00. The van der Waals surface area contributed by atoms with Gasteiger partial charge in [-0.1, -0.05) is 12.7 Å². The molecule has 0 saturated heterocycles. The molecule has 0 saturated carbocycles. The first-order valence-electron chi connectivity index (χ1n) is 8.09. The fourth-order valence-electron chi connectivity index (χ4n) is 2.24. The lowest BCUT2D eigenvalue weighted by atomic mass is 10.2. The zero-order valence-electron chi connectivity index (χ0n) is 14.5. The number of rotatable bonds is 10. The molecule has 0 unspecified atom stereocenters. The van der Waals surface area contributed by atoms with Gasteiger partial charge < -0.3 is 19.7 Å². The molecular weight excluding hydrogens is 372 g/mol. The summed E-state index contributed by atoms with van der Waals surface area (Å²) in [5, 5.41) is 18.4. The van der Waals surface area contributed by atoms with Crippen LogP contribution < -0.4 is 9.47 Å². The molecule has 2 aromatic rings. The summed E-state index contributed by atoms with van der Waals surface area (Å²) in [4.78, 5) is 11.0. The van der Waals surface area contributed by atoms with Crippen molar-refractivity contribution >= 4 is 15.8 Å². The number of ether oxygens (including phenoxy) is 2. The van der Waals surface area contributed by atoms with Crippen LogP contribution in [0.3, 0.4) is 0 Å². The fourth-order valence-corrected chi connectivity index (χ4v) is 3.52. The van der Waals surface area contributed by atoms with Crippen molar-refractivity contribution in [2.75, 3.05) is 19.0 Å².